The van der Waals surface area contributed by atoms with Crippen molar-refractivity contribution in [2.45, 2.75) is 38.8 Å². The number of carbonyl (C=O) groups is 1. The molecule has 0 unspecified atom stereocenters. The van der Waals surface area contributed by atoms with Crippen molar-refractivity contribution < 1.29 is 9.53 Å². The number of hydrogen-bond acceptors (Lipinski definition) is 5. The average molecular weight is 367 g/mol. The maximum absolute atomic E-state index is 12.8. The third kappa shape index (κ3) is 3.42. The molecular weight excluding hydrogens is 346 g/mol. The summed E-state index contributed by atoms with van der Waals surface area (Å²) >= 11 is 0. The van der Waals surface area contributed by atoms with Crippen molar-refractivity contribution in [2.75, 3.05) is 7.11 Å². The molecule has 0 spiro atoms. The first kappa shape index (κ1) is 17.3. The first-order valence-corrected chi connectivity index (χ1v) is 9.01. The Morgan fingerprint density at radius 2 is 2.00 bits per heavy atom. The molecule has 1 aliphatic carbocycles. The van der Waals surface area contributed by atoms with Crippen LogP contribution in [0.4, 0.5) is 0 Å². The molecule has 2 heterocycles. The number of hydrogen-bond donors (Lipinski definition) is 1. The highest BCUT2D eigenvalue weighted by atomic mass is 16.5. The zero-order chi connectivity index (χ0) is 18.8. The van der Waals surface area contributed by atoms with Crippen molar-refractivity contribution in [3.05, 3.63) is 57.8 Å². The molecule has 0 atom stereocenters. The van der Waals surface area contributed by atoms with E-state index in [1.807, 2.05) is 24.3 Å². The zero-order valence-corrected chi connectivity index (χ0v) is 15.1. The Hall–Kier alpha value is -3.16. The Bertz CT molecular complexity index is 1040. The molecule has 27 heavy (non-hydrogen) atoms. The maximum atomic E-state index is 12.8. The second-order valence-electron chi connectivity index (χ2n) is 6.64. The van der Waals surface area contributed by atoms with Crippen molar-refractivity contribution in [3.8, 4) is 5.75 Å². The van der Waals surface area contributed by atoms with Crippen molar-refractivity contribution in [2.24, 2.45) is 0 Å². The number of amides is 1. The summed E-state index contributed by atoms with van der Waals surface area (Å²) in [6, 6.07) is 7.44. The highest BCUT2D eigenvalue weighted by Gasteiger charge is 2.20. The Labute approximate surface area is 155 Å². The number of ether oxygens (including phenoxy) is 1. The molecule has 140 valence electrons. The van der Waals surface area contributed by atoms with Crippen LogP contribution in [-0.2, 0) is 30.7 Å². The van der Waals surface area contributed by atoms with Crippen molar-refractivity contribution in [1.29, 1.82) is 0 Å². The van der Waals surface area contributed by atoms with Crippen LogP contribution in [0.5, 0.6) is 5.75 Å². The number of benzene rings is 1. The topological polar surface area (TPSA) is 90.5 Å². The van der Waals surface area contributed by atoms with Gasteiger partial charge >= 0.3 is 0 Å². The Kier molecular flexibility index (Phi) is 4.62. The van der Waals surface area contributed by atoms with Crippen LogP contribution in [0, 0.1) is 0 Å². The summed E-state index contributed by atoms with van der Waals surface area (Å²) in [5.41, 5.74) is 3.20. The van der Waals surface area contributed by atoms with Crippen LogP contribution in [0.25, 0.3) is 5.52 Å². The molecule has 2 aromatic heterocycles. The highest BCUT2D eigenvalue weighted by Crippen LogP contribution is 2.22. The Morgan fingerprint density at radius 3 is 2.78 bits per heavy atom. The largest absolute Gasteiger partial charge is 0.497 e. The van der Waals surface area contributed by atoms with E-state index in [9.17, 15) is 9.59 Å². The minimum Gasteiger partial charge on any atom is -0.497 e. The van der Waals surface area contributed by atoms with Gasteiger partial charge in [0.2, 0.25) is 5.91 Å². The summed E-state index contributed by atoms with van der Waals surface area (Å²) in [6.45, 7) is 0.257. The molecule has 8 nitrogen and oxygen atoms in total. The number of rotatable bonds is 5. The normalized spacial score (nSPS) is 13.4. The fraction of sp³-hybridized carbons (Fsp3) is 0.368. The number of aryl methyl sites for hydroxylation is 2. The van der Waals surface area contributed by atoms with Gasteiger partial charge in [-0.15, -0.1) is 0 Å². The van der Waals surface area contributed by atoms with Crippen LogP contribution in [0.1, 0.15) is 29.7 Å². The van der Waals surface area contributed by atoms with Gasteiger partial charge in [-0.1, -0.05) is 12.1 Å². The Morgan fingerprint density at radius 1 is 1.22 bits per heavy atom. The summed E-state index contributed by atoms with van der Waals surface area (Å²) in [5.74, 6) is 0.497. The van der Waals surface area contributed by atoms with Gasteiger partial charge < -0.3 is 10.1 Å². The maximum Gasteiger partial charge on any atom is 0.293 e. The van der Waals surface area contributed by atoms with Crippen LogP contribution in [0.15, 0.2) is 35.4 Å². The van der Waals surface area contributed by atoms with E-state index < -0.39 is 0 Å². The summed E-state index contributed by atoms with van der Waals surface area (Å²) in [6.07, 6.45) is 5.39. The van der Waals surface area contributed by atoms with Crippen LogP contribution in [-0.4, -0.2) is 32.4 Å². The second-order valence-corrected chi connectivity index (χ2v) is 6.64. The fourth-order valence-electron chi connectivity index (χ4n) is 3.42. The predicted molar refractivity (Wildman–Crippen MR) is 98.7 cm³/mol. The van der Waals surface area contributed by atoms with Crippen molar-refractivity contribution in [3.63, 3.8) is 0 Å². The number of aromatic nitrogens is 4. The fourth-order valence-corrected chi connectivity index (χ4v) is 3.42. The molecule has 0 saturated carbocycles. The van der Waals surface area contributed by atoms with Gasteiger partial charge in [0.05, 0.1) is 12.8 Å². The summed E-state index contributed by atoms with van der Waals surface area (Å²) < 4.78 is 7.86. The smallest absolute Gasteiger partial charge is 0.293 e. The second kappa shape index (κ2) is 7.22. The first-order valence-electron chi connectivity index (χ1n) is 9.01. The first-order chi connectivity index (χ1) is 13.2. The molecule has 0 aliphatic heterocycles. The van der Waals surface area contributed by atoms with Crippen molar-refractivity contribution >= 4 is 11.4 Å². The lowest BCUT2D eigenvalue weighted by molar-refractivity contribution is -0.122. The van der Waals surface area contributed by atoms with Crippen LogP contribution >= 0.6 is 0 Å². The molecule has 0 bridgehead atoms. The quantitative estimate of drug-likeness (QED) is 0.729. The van der Waals surface area contributed by atoms with E-state index in [-0.39, 0.29) is 18.0 Å². The van der Waals surface area contributed by atoms with E-state index in [4.69, 9.17) is 4.74 Å². The molecule has 0 fully saturated rings. The zero-order valence-electron chi connectivity index (χ0n) is 15.1. The third-order valence-corrected chi connectivity index (χ3v) is 4.86. The minimum absolute atomic E-state index is 0.120. The lowest BCUT2D eigenvalue weighted by atomic mass is 9.97. The Balaban J connectivity index is 1.48. The number of nitrogens with one attached hydrogen (secondary N) is 1. The third-order valence-electron chi connectivity index (χ3n) is 4.86. The summed E-state index contributed by atoms with van der Waals surface area (Å²) in [4.78, 5) is 25.1. The summed E-state index contributed by atoms with van der Waals surface area (Å²) in [7, 11) is 1.61. The minimum atomic E-state index is -0.271. The van der Waals surface area contributed by atoms with Gasteiger partial charge in [-0.25, -0.2) is 9.20 Å². The van der Waals surface area contributed by atoms with Gasteiger partial charge in [0, 0.05) is 12.1 Å². The molecule has 1 aliphatic rings. The van der Waals surface area contributed by atoms with E-state index in [2.05, 4.69) is 15.5 Å². The molecule has 1 amide bonds. The summed E-state index contributed by atoms with van der Waals surface area (Å²) in [5, 5.41) is 11.4. The average Bonchev–Trinajstić information content (AvgIpc) is 3.08. The molecule has 3 aromatic rings. The lowest BCUT2D eigenvalue weighted by Gasteiger charge is -2.09. The highest BCUT2D eigenvalue weighted by molar-refractivity contribution is 5.75. The van der Waals surface area contributed by atoms with E-state index in [0.717, 1.165) is 48.3 Å². The molecule has 1 N–H and O–H groups in total. The van der Waals surface area contributed by atoms with E-state index in [1.165, 1.54) is 11.0 Å². The van der Waals surface area contributed by atoms with Gasteiger partial charge in [0.1, 0.15) is 24.1 Å². The molecular formula is C19H21N5O3. The van der Waals surface area contributed by atoms with Gasteiger partial charge in [0.25, 0.3) is 5.56 Å². The number of nitrogens with zero attached hydrogens (tertiary/aromatic N) is 4. The molecule has 4 rings (SSSR count). The van der Waals surface area contributed by atoms with Crippen molar-refractivity contribution in [1.82, 2.24) is 24.7 Å². The lowest BCUT2D eigenvalue weighted by Crippen LogP contribution is -2.34. The monoisotopic (exact) mass is 367 g/mol. The molecule has 1 aromatic carbocycles. The number of fused-ring (bicyclic) bond motifs is 3. The predicted octanol–water partition coefficient (Wildman–Crippen LogP) is 1.09. The molecule has 8 heteroatoms. The van der Waals surface area contributed by atoms with Crippen LogP contribution in [0.3, 0.4) is 0 Å². The van der Waals surface area contributed by atoms with Gasteiger partial charge in [-0.05, 0) is 43.4 Å². The van der Waals surface area contributed by atoms with E-state index >= 15 is 0 Å². The van der Waals surface area contributed by atoms with E-state index in [1.54, 1.807) is 11.6 Å². The number of carbonyl (C=O) groups excluding carboxylic acids is 1. The van der Waals surface area contributed by atoms with Gasteiger partial charge in [0.15, 0.2) is 0 Å². The standard InChI is InChI=1S/C19H21N5O3/c1-27-14-8-6-13(7-9-14)10-20-17(25)11-23-19(26)18-15-4-2-3-5-16(15)22-24(18)12-21-23/h6-9,12H,2-5,10-11H2,1H3,(H,20,25). The van der Waals surface area contributed by atoms with E-state index in [0.29, 0.717) is 12.1 Å². The van der Waals surface area contributed by atoms with Crippen LogP contribution in [0.2, 0.25) is 0 Å². The molecule has 0 saturated heterocycles. The SMILES string of the molecule is COc1ccc(CNC(=O)Cn2ncn3nc4c(c3c2=O)CCCC4)cc1. The number of methoxy groups -OCH3 is 1. The van der Waals surface area contributed by atoms with Crippen LogP contribution < -0.4 is 15.6 Å². The van der Waals surface area contributed by atoms with Gasteiger partial charge in [-0.2, -0.15) is 10.2 Å². The van der Waals surface area contributed by atoms with Gasteiger partial charge in [-0.3, -0.25) is 9.59 Å². The molecule has 0 radical (unpaired) electrons.